The zero-order valence-corrected chi connectivity index (χ0v) is 8.44. The molecule has 0 amide bonds. The van der Waals surface area contributed by atoms with Gasteiger partial charge in [0.25, 0.3) is 6.43 Å². The lowest BCUT2D eigenvalue weighted by Crippen LogP contribution is -2.11. The Morgan fingerprint density at radius 1 is 1.60 bits per heavy atom. The number of aliphatic hydroxyl groups excluding tert-OH is 1. The third-order valence-corrected chi connectivity index (χ3v) is 1.94. The predicted molar refractivity (Wildman–Crippen MR) is 49.6 cm³/mol. The summed E-state index contributed by atoms with van der Waals surface area (Å²) in [6.45, 7) is -0.494. The van der Waals surface area contributed by atoms with E-state index >= 15 is 0 Å². The summed E-state index contributed by atoms with van der Waals surface area (Å²) >= 11 is 0. The SMILES string of the molecule is Cn1ccnc1C(O)CCOCC(F)F. The van der Waals surface area contributed by atoms with Crippen LogP contribution in [0.3, 0.4) is 0 Å². The summed E-state index contributed by atoms with van der Waals surface area (Å²) < 4.78 is 29.7. The highest BCUT2D eigenvalue weighted by molar-refractivity contribution is 4.95. The predicted octanol–water partition coefficient (Wildman–Crippen LogP) is 1.13. The fourth-order valence-electron chi connectivity index (χ4n) is 1.19. The number of hydrogen-bond donors (Lipinski definition) is 1. The number of rotatable bonds is 6. The number of ether oxygens (including phenoxy) is 1. The largest absolute Gasteiger partial charge is 0.385 e. The average Bonchev–Trinajstić information content (AvgIpc) is 2.58. The number of nitrogens with zero attached hydrogens (tertiary/aromatic N) is 2. The molecule has 1 rings (SSSR count). The van der Waals surface area contributed by atoms with E-state index in [0.29, 0.717) is 5.82 Å². The number of aryl methyl sites for hydroxylation is 1. The van der Waals surface area contributed by atoms with Crippen molar-refractivity contribution in [2.75, 3.05) is 13.2 Å². The molecule has 0 aliphatic rings. The van der Waals surface area contributed by atoms with Crippen LogP contribution in [-0.4, -0.2) is 34.3 Å². The molecule has 0 aromatic carbocycles. The van der Waals surface area contributed by atoms with Crippen LogP contribution in [0.1, 0.15) is 18.3 Å². The second-order valence-corrected chi connectivity index (χ2v) is 3.17. The molecule has 0 bridgehead atoms. The van der Waals surface area contributed by atoms with Gasteiger partial charge in [0, 0.05) is 32.5 Å². The Bertz CT molecular complexity index is 291. The maximum Gasteiger partial charge on any atom is 0.261 e. The van der Waals surface area contributed by atoms with E-state index in [9.17, 15) is 13.9 Å². The first-order valence-corrected chi connectivity index (χ1v) is 4.62. The van der Waals surface area contributed by atoms with E-state index < -0.39 is 19.1 Å². The van der Waals surface area contributed by atoms with Crippen molar-refractivity contribution in [1.82, 2.24) is 9.55 Å². The van der Waals surface area contributed by atoms with Gasteiger partial charge in [-0.2, -0.15) is 0 Å². The van der Waals surface area contributed by atoms with Crippen LogP contribution in [0.2, 0.25) is 0 Å². The number of aliphatic hydroxyl groups is 1. The lowest BCUT2D eigenvalue weighted by molar-refractivity contribution is 0.00367. The van der Waals surface area contributed by atoms with Gasteiger partial charge >= 0.3 is 0 Å². The second-order valence-electron chi connectivity index (χ2n) is 3.17. The van der Waals surface area contributed by atoms with Gasteiger partial charge in [-0.25, -0.2) is 13.8 Å². The minimum atomic E-state index is -2.46. The minimum Gasteiger partial charge on any atom is -0.385 e. The third-order valence-electron chi connectivity index (χ3n) is 1.94. The van der Waals surface area contributed by atoms with Crippen molar-refractivity contribution in [2.45, 2.75) is 19.0 Å². The molecule has 0 spiro atoms. The minimum absolute atomic E-state index is 0.0956. The van der Waals surface area contributed by atoms with E-state index in [4.69, 9.17) is 0 Å². The molecule has 86 valence electrons. The molecule has 4 nitrogen and oxygen atoms in total. The van der Waals surface area contributed by atoms with Crippen LogP contribution in [0.5, 0.6) is 0 Å². The molecule has 0 aliphatic carbocycles. The first-order valence-electron chi connectivity index (χ1n) is 4.62. The van der Waals surface area contributed by atoms with E-state index in [-0.39, 0.29) is 13.0 Å². The topological polar surface area (TPSA) is 47.3 Å². The van der Waals surface area contributed by atoms with E-state index in [1.54, 1.807) is 24.0 Å². The zero-order valence-electron chi connectivity index (χ0n) is 8.44. The molecular weight excluding hydrogens is 206 g/mol. The van der Waals surface area contributed by atoms with Crippen molar-refractivity contribution >= 4 is 0 Å². The Morgan fingerprint density at radius 3 is 2.87 bits per heavy atom. The molecule has 6 heteroatoms. The highest BCUT2D eigenvalue weighted by Crippen LogP contribution is 2.13. The van der Waals surface area contributed by atoms with Crippen molar-refractivity contribution in [3.05, 3.63) is 18.2 Å². The lowest BCUT2D eigenvalue weighted by atomic mass is 10.2. The van der Waals surface area contributed by atoms with Crippen molar-refractivity contribution in [1.29, 1.82) is 0 Å². The molecule has 0 saturated carbocycles. The molecule has 0 aliphatic heterocycles. The maximum absolute atomic E-state index is 11.7. The van der Waals surface area contributed by atoms with Gasteiger partial charge < -0.3 is 14.4 Å². The number of halogens is 2. The van der Waals surface area contributed by atoms with Gasteiger partial charge in [-0.3, -0.25) is 0 Å². The average molecular weight is 220 g/mol. The van der Waals surface area contributed by atoms with Crippen LogP contribution in [0.15, 0.2) is 12.4 Å². The van der Waals surface area contributed by atoms with E-state index in [1.165, 1.54) is 0 Å². The summed E-state index contributed by atoms with van der Waals surface area (Å²) in [4.78, 5) is 3.94. The molecule has 1 aromatic heterocycles. The van der Waals surface area contributed by atoms with Gasteiger partial charge in [0.15, 0.2) is 0 Å². The van der Waals surface area contributed by atoms with Gasteiger partial charge in [-0.1, -0.05) is 0 Å². The highest BCUT2D eigenvalue weighted by Gasteiger charge is 2.12. The molecule has 0 saturated heterocycles. The quantitative estimate of drug-likeness (QED) is 0.731. The summed E-state index contributed by atoms with van der Waals surface area (Å²) in [5.74, 6) is 0.510. The first-order chi connectivity index (χ1) is 7.11. The number of imidazole rings is 1. The molecule has 1 N–H and O–H groups in total. The lowest BCUT2D eigenvalue weighted by Gasteiger charge is -2.10. The molecule has 15 heavy (non-hydrogen) atoms. The zero-order chi connectivity index (χ0) is 11.3. The fourth-order valence-corrected chi connectivity index (χ4v) is 1.19. The third kappa shape index (κ3) is 3.93. The molecule has 1 atom stereocenters. The first kappa shape index (κ1) is 12.1. The summed E-state index contributed by atoms with van der Waals surface area (Å²) in [5, 5.41) is 9.60. The standard InChI is InChI=1S/C9H14F2N2O2/c1-13-4-3-12-9(13)7(14)2-5-15-6-8(10)11/h3-4,7-8,14H,2,5-6H2,1H3. The number of alkyl halides is 2. The van der Waals surface area contributed by atoms with Gasteiger partial charge in [0.05, 0.1) is 0 Å². The van der Waals surface area contributed by atoms with Crippen molar-refractivity contribution in [3.63, 3.8) is 0 Å². The normalized spacial score (nSPS) is 13.4. The Morgan fingerprint density at radius 2 is 2.33 bits per heavy atom. The Balaban J connectivity index is 2.25. The van der Waals surface area contributed by atoms with Crippen LogP contribution in [0, 0.1) is 0 Å². The van der Waals surface area contributed by atoms with Crippen molar-refractivity contribution in [3.8, 4) is 0 Å². The van der Waals surface area contributed by atoms with Crippen molar-refractivity contribution in [2.24, 2.45) is 7.05 Å². The van der Waals surface area contributed by atoms with Crippen LogP contribution < -0.4 is 0 Å². The van der Waals surface area contributed by atoms with Crippen LogP contribution >= 0.6 is 0 Å². The summed E-state index contributed by atoms with van der Waals surface area (Å²) in [7, 11) is 1.76. The summed E-state index contributed by atoms with van der Waals surface area (Å²) in [6, 6.07) is 0. The van der Waals surface area contributed by atoms with Crippen molar-refractivity contribution < 1.29 is 18.6 Å². The van der Waals surface area contributed by atoms with Gasteiger partial charge in [0.1, 0.15) is 18.5 Å². The number of aromatic nitrogens is 2. The highest BCUT2D eigenvalue weighted by atomic mass is 19.3. The Hall–Kier alpha value is -1.01. The Kier molecular flexibility index (Phi) is 4.64. The van der Waals surface area contributed by atoms with Gasteiger partial charge in [-0.15, -0.1) is 0 Å². The van der Waals surface area contributed by atoms with E-state index in [1.807, 2.05) is 0 Å². The molecular formula is C9H14F2N2O2. The smallest absolute Gasteiger partial charge is 0.261 e. The molecule has 1 aromatic rings. The van der Waals surface area contributed by atoms with Crippen LogP contribution in [-0.2, 0) is 11.8 Å². The molecule has 1 unspecified atom stereocenters. The van der Waals surface area contributed by atoms with E-state index in [2.05, 4.69) is 9.72 Å². The summed E-state index contributed by atoms with van der Waals surface area (Å²) in [6.07, 6.45) is 0.298. The number of hydrogen-bond acceptors (Lipinski definition) is 3. The Labute approximate surface area is 86.5 Å². The van der Waals surface area contributed by atoms with Gasteiger partial charge in [0.2, 0.25) is 0 Å². The van der Waals surface area contributed by atoms with E-state index in [0.717, 1.165) is 0 Å². The van der Waals surface area contributed by atoms with Crippen LogP contribution in [0.25, 0.3) is 0 Å². The molecule has 1 heterocycles. The fraction of sp³-hybridized carbons (Fsp3) is 0.667. The second kappa shape index (κ2) is 5.77. The summed E-state index contributed by atoms with van der Waals surface area (Å²) in [5.41, 5.74) is 0. The maximum atomic E-state index is 11.7. The monoisotopic (exact) mass is 220 g/mol. The molecule has 0 radical (unpaired) electrons. The van der Waals surface area contributed by atoms with Gasteiger partial charge in [-0.05, 0) is 0 Å². The molecule has 0 fully saturated rings. The van der Waals surface area contributed by atoms with Crippen LogP contribution in [0.4, 0.5) is 8.78 Å².